The van der Waals surface area contributed by atoms with E-state index in [1.54, 1.807) is 0 Å². The summed E-state index contributed by atoms with van der Waals surface area (Å²) >= 11 is 1.82. The van der Waals surface area contributed by atoms with E-state index in [2.05, 4.69) is 102 Å². The maximum absolute atomic E-state index is 6.16. The quantitative estimate of drug-likeness (QED) is 0.197. The minimum Gasteiger partial charge on any atom is -0.440 e. The molecule has 0 amide bonds. The van der Waals surface area contributed by atoms with Crippen LogP contribution in [0.25, 0.3) is 60.3 Å². The number of thiophene rings is 1. The van der Waals surface area contributed by atoms with E-state index in [0.29, 0.717) is 11.8 Å². The normalized spacial score (nSPS) is 12.6. The van der Waals surface area contributed by atoms with Gasteiger partial charge in [0.1, 0.15) is 17.0 Å². The number of rotatable bonds is 5. The molecule has 8 aromatic rings. The maximum Gasteiger partial charge on any atom is 0.227 e. The standard InChI is InChI=1S/C39H25N3O2S/c1-2-9-32-34(11-3-1)43-38(40-32)25-14-18-27(19-15-25)42(29-22-23-37-31(24-29)30-8-4-7-13-36(30)45-37)28-20-16-26(17-21-28)39-41-33-10-5-6-12-35(33)44-39/h1-10,12-24H,11H2. The van der Waals surface area contributed by atoms with Crippen molar-refractivity contribution in [2.75, 3.05) is 4.90 Å². The van der Waals surface area contributed by atoms with Gasteiger partial charge in [0.25, 0.3) is 0 Å². The van der Waals surface area contributed by atoms with E-state index in [1.807, 2.05) is 53.8 Å². The highest BCUT2D eigenvalue weighted by molar-refractivity contribution is 7.25. The summed E-state index contributed by atoms with van der Waals surface area (Å²) < 4.78 is 14.8. The van der Waals surface area contributed by atoms with E-state index in [0.717, 1.165) is 57.2 Å². The Balaban J connectivity index is 1.13. The largest absolute Gasteiger partial charge is 0.440 e. The number of aromatic nitrogens is 2. The molecule has 3 aromatic heterocycles. The van der Waals surface area contributed by atoms with Crippen molar-refractivity contribution in [3.63, 3.8) is 0 Å². The molecular formula is C39H25N3O2S. The highest BCUT2D eigenvalue weighted by Crippen LogP contribution is 2.41. The second-order valence-corrected chi connectivity index (χ2v) is 12.1. The lowest BCUT2D eigenvalue weighted by atomic mass is 10.1. The van der Waals surface area contributed by atoms with E-state index >= 15 is 0 Å². The van der Waals surface area contributed by atoms with Crippen LogP contribution < -0.4 is 4.90 Å². The molecule has 0 aliphatic heterocycles. The van der Waals surface area contributed by atoms with Crippen molar-refractivity contribution in [1.82, 2.24) is 9.97 Å². The second-order valence-electron chi connectivity index (χ2n) is 11.0. The molecule has 6 heteroatoms. The van der Waals surface area contributed by atoms with Gasteiger partial charge in [0.15, 0.2) is 5.58 Å². The molecule has 1 aliphatic carbocycles. The molecule has 0 N–H and O–H groups in total. The van der Waals surface area contributed by atoms with Crippen molar-refractivity contribution < 1.29 is 8.83 Å². The van der Waals surface area contributed by atoms with Crippen molar-refractivity contribution in [3.8, 4) is 22.9 Å². The van der Waals surface area contributed by atoms with Crippen molar-refractivity contribution in [3.05, 3.63) is 145 Å². The molecule has 0 fully saturated rings. The minimum atomic E-state index is 0.611. The van der Waals surface area contributed by atoms with E-state index in [9.17, 15) is 0 Å². The molecule has 0 atom stereocenters. The summed E-state index contributed by atoms with van der Waals surface area (Å²) in [6.45, 7) is 0. The van der Waals surface area contributed by atoms with Gasteiger partial charge in [-0.2, -0.15) is 0 Å². The zero-order valence-electron chi connectivity index (χ0n) is 24.1. The van der Waals surface area contributed by atoms with Crippen LogP contribution in [0.15, 0.2) is 142 Å². The first-order valence-corrected chi connectivity index (χ1v) is 15.7. The van der Waals surface area contributed by atoms with Crippen molar-refractivity contribution in [2.24, 2.45) is 0 Å². The van der Waals surface area contributed by atoms with Gasteiger partial charge >= 0.3 is 0 Å². The fourth-order valence-corrected chi connectivity index (χ4v) is 7.05. The third-order valence-electron chi connectivity index (χ3n) is 8.19. The molecule has 0 radical (unpaired) electrons. The number of benzene rings is 5. The zero-order valence-corrected chi connectivity index (χ0v) is 24.9. The molecule has 0 spiro atoms. The van der Waals surface area contributed by atoms with Crippen LogP contribution in [0.5, 0.6) is 0 Å². The molecule has 0 saturated carbocycles. The van der Waals surface area contributed by atoms with Crippen LogP contribution in [0.2, 0.25) is 0 Å². The summed E-state index contributed by atoms with van der Waals surface area (Å²) in [6.07, 6.45) is 8.84. The van der Waals surface area contributed by atoms with Gasteiger partial charge in [-0.3, -0.25) is 0 Å². The number of hydrogen-bond acceptors (Lipinski definition) is 6. The Labute approximate surface area is 263 Å². The number of oxazole rings is 2. The third-order valence-corrected chi connectivity index (χ3v) is 9.34. The molecule has 5 aromatic carbocycles. The van der Waals surface area contributed by atoms with Crippen molar-refractivity contribution in [2.45, 2.75) is 6.42 Å². The number of hydrogen-bond donors (Lipinski definition) is 0. The summed E-state index contributed by atoms with van der Waals surface area (Å²) in [4.78, 5) is 11.7. The second kappa shape index (κ2) is 10.5. The summed E-state index contributed by atoms with van der Waals surface area (Å²) in [6, 6.07) is 40.0. The van der Waals surface area contributed by atoms with E-state index in [4.69, 9.17) is 18.8 Å². The first-order chi connectivity index (χ1) is 22.3. The first kappa shape index (κ1) is 25.7. The monoisotopic (exact) mass is 599 g/mol. The molecule has 3 heterocycles. The Morgan fingerprint density at radius 1 is 0.600 bits per heavy atom. The highest BCUT2D eigenvalue weighted by atomic mass is 32.1. The van der Waals surface area contributed by atoms with Gasteiger partial charge in [0.05, 0.1) is 0 Å². The number of nitrogens with zero attached hydrogens (tertiary/aromatic N) is 3. The lowest BCUT2D eigenvalue weighted by Gasteiger charge is -2.26. The lowest BCUT2D eigenvalue weighted by Crippen LogP contribution is -2.09. The van der Waals surface area contributed by atoms with Crippen LogP contribution in [0.3, 0.4) is 0 Å². The summed E-state index contributed by atoms with van der Waals surface area (Å²) in [5.74, 6) is 2.13. The number of anilines is 3. The van der Waals surface area contributed by atoms with Crippen molar-refractivity contribution >= 4 is 65.7 Å². The molecule has 45 heavy (non-hydrogen) atoms. The van der Waals surface area contributed by atoms with Crippen LogP contribution >= 0.6 is 11.3 Å². The van der Waals surface area contributed by atoms with Crippen LogP contribution in [0, 0.1) is 0 Å². The van der Waals surface area contributed by atoms with Gasteiger partial charge < -0.3 is 13.7 Å². The Hall–Kier alpha value is -5.72. The number of para-hydroxylation sites is 2. The lowest BCUT2D eigenvalue weighted by molar-refractivity contribution is 0.531. The van der Waals surface area contributed by atoms with Crippen LogP contribution in [0.4, 0.5) is 17.1 Å². The molecule has 1 aliphatic rings. The Bertz CT molecular complexity index is 2380. The molecule has 5 nitrogen and oxygen atoms in total. The molecule has 0 saturated heterocycles. The SMILES string of the molecule is C1=CCc2oc(-c3ccc(N(c4ccc(-c5nc6ccccc6o5)cc4)c4ccc5sc6ccccc6c5c4)cc3)nc2C=C1. The highest BCUT2D eigenvalue weighted by Gasteiger charge is 2.18. The van der Waals surface area contributed by atoms with Crippen LogP contribution in [0.1, 0.15) is 11.5 Å². The molecule has 0 unspecified atom stereocenters. The minimum absolute atomic E-state index is 0.611. The average molecular weight is 600 g/mol. The van der Waals surface area contributed by atoms with Crippen molar-refractivity contribution in [1.29, 1.82) is 0 Å². The summed E-state index contributed by atoms with van der Waals surface area (Å²) in [7, 11) is 0. The number of fused-ring (bicyclic) bond motifs is 5. The molecule has 214 valence electrons. The molecule has 9 rings (SSSR count). The predicted octanol–water partition coefficient (Wildman–Crippen LogP) is 11.1. The van der Waals surface area contributed by atoms with Crippen LogP contribution in [-0.2, 0) is 6.42 Å². The Morgan fingerprint density at radius 2 is 1.29 bits per heavy atom. The van der Waals surface area contributed by atoms with Gasteiger partial charge in [0, 0.05) is 54.8 Å². The van der Waals surface area contributed by atoms with E-state index < -0.39 is 0 Å². The third kappa shape index (κ3) is 4.55. The fraction of sp³-hybridized carbons (Fsp3) is 0.0256. The fourth-order valence-electron chi connectivity index (χ4n) is 5.97. The Kier molecular flexibility index (Phi) is 5.99. The van der Waals surface area contributed by atoms with E-state index in [1.165, 1.54) is 20.2 Å². The summed E-state index contributed by atoms with van der Waals surface area (Å²) in [5.41, 5.74) is 7.52. The van der Waals surface area contributed by atoms with Gasteiger partial charge in [-0.1, -0.05) is 48.6 Å². The number of allylic oxidation sites excluding steroid dienone is 3. The topological polar surface area (TPSA) is 55.3 Å². The maximum atomic E-state index is 6.16. The van der Waals surface area contributed by atoms with Gasteiger partial charge in [-0.15, -0.1) is 11.3 Å². The van der Waals surface area contributed by atoms with Crippen LogP contribution in [-0.4, -0.2) is 9.97 Å². The van der Waals surface area contributed by atoms with Gasteiger partial charge in [0.2, 0.25) is 11.8 Å². The Morgan fingerprint density at radius 3 is 2.09 bits per heavy atom. The van der Waals surface area contributed by atoms with E-state index in [-0.39, 0.29) is 0 Å². The average Bonchev–Trinajstić information content (AvgIpc) is 3.77. The smallest absolute Gasteiger partial charge is 0.227 e. The zero-order chi connectivity index (χ0) is 29.7. The predicted molar refractivity (Wildman–Crippen MR) is 184 cm³/mol. The molecular weight excluding hydrogens is 575 g/mol. The van der Waals surface area contributed by atoms with Gasteiger partial charge in [-0.25, -0.2) is 9.97 Å². The first-order valence-electron chi connectivity index (χ1n) is 14.9. The van der Waals surface area contributed by atoms with Gasteiger partial charge in [-0.05, 0) is 91.0 Å². The summed E-state index contributed by atoms with van der Waals surface area (Å²) in [5, 5.41) is 2.52. The molecule has 0 bridgehead atoms.